The second-order valence-electron chi connectivity index (χ2n) is 3.96. The van der Waals surface area contributed by atoms with Crippen molar-refractivity contribution in [3.05, 3.63) is 36.2 Å². The summed E-state index contributed by atoms with van der Waals surface area (Å²) in [6.45, 7) is 5.45. The number of aromatic hydroxyl groups is 1. The third-order valence-electron chi connectivity index (χ3n) is 2.63. The van der Waals surface area contributed by atoms with E-state index in [0.717, 1.165) is 5.56 Å². The minimum Gasteiger partial charge on any atom is -0.508 e. The highest BCUT2D eigenvalue weighted by molar-refractivity contribution is 6.68. The van der Waals surface area contributed by atoms with Crippen molar-refractivity contribution in [2.45, 2.75) is 13.3 Å². The number of carboxylic acid groups (broad SMARTS) is 1. The summed E-state index contributed by atoms with van der Waals surface area (Å²) in [5.74, 6) is -0.705. The molecule has 0 saturated carbocycles. The van der Waals surface area contributed by atoms with Crippen molar-refractivity contribution in [3.63, 3.8) is 0 Å². The number of hydrogen-bond acceptors (Lipinski definition) is 5. The molecular weight excluding hydrogens is 246 g/mol. The molecule has 6 heteroatoms. The normalized spacial score (nSPS) is 14.1. The van der Waals surface area contributed by atoms with Gasteiger partial charge in [0.25, 0.3) is 0 Å². The first kappa shape index (κ1) is 12.8. The number of phenolic OH excluding ortho intramolecular Hbond substituents is 1. The van der Waals surface area contributed by atoms with E-state index in [1.807, 2.05) is 6.92 Å². The van der Waals surface area contributed by atoms with E-state index in [0.29, 0.717) is 12.1 Å². The summed E-state index contributed by atoms with van der Waals surface area (Å²) in [4.78, 5) is 18.7. The van der Waals surface area contributed by atoms with Crippen LogP contribution in [0.4, 0.5) is 5.69 Å². The van der Waals surface area contributed by atoms with Gasteiger partial charge < -0.3 is 15.5 Å². The molecule has 0 aliphatic carbocycles. The number of aryl methyl sites for hydroxylation is 1. The molecule has 0 unspecified atom stereocenters. The van der Waals surface area contributed by atoms with Crippen molar-refractivity contribution >= 4 is 23.2 Å². The van der Waals surface area contributed by atoms with Crippen molar-refractivity contribution in [2.24, 2.45) is 9.98 Å². The average Bonchev–Trinajstić information content (AvgIpc) is 2.72. The van der Waals surface area contributed by atoms with Crippen molar-refractivity contribution in [1.82, 2.24) is 0 Å². The van der Waals surface area contributed by atoms with Crippen LogP contribution in [0.25, 0.3) is 0 Å². The van der Waals surface area contributed by atoms with Crippen LogP contribution in [-0.4, -0.2) is 27.7 Å². The topological polar surface area (TPSA) is 94.3 Å². The van der Waals surface area contributed by atoms with Crippen molar-refractivity contribution < 1.29 is 15.0 Å². The van der Waals surface area contributed by atoms with Crippen molar-refractivity contribution in [1.29, 1.82) is 0 Å². The molecule has 19 heavy (non-hydrogen) atoms. The standard InChI is InChI=1S/C13H13N3O3/c1-3-8-6-9(17)4-5-10(8)16-12-11(13(18)19)14-7(2)15-12/h4-6,17H,2-3H2,1H3,(H,15,16)(H,18,19). The largest absolute Gasteiger partial charge is 0.508 e. The Balaban J connectivity index is 2.32. The van der Waals surface area contributed by atoms with E-state index in [9.17, 15) is 9.90 Å². The van der Waals surface area contributed by atoms with E-state index in [2.05, 4.69) is 21.9 Å². The monoisotopic (exact) mass is 259 g/mol. The first-order valence-corrected chi connectivity index (χ1v) is 5.70. The number of rotatable bonds is 3. The summed E-state index contributed by atoms with van der Waals surface area (Å²) in [5, 5.41) is 21.4. The number of hydrogen-bond donors (Lipinski definition) is 3. The third-order valence-corrected chi connectivity index (χ3v) is 2.63. The van der Waals surface area contributed by atoms with Gasteiger partial charge in [0.15, 0.2) is 11.5 Å². The molecule has 1 aromatic carbocycles. The molecule has 0 aromatic heterocycles. The molecule has 0 fully saturated rings. The zero-order valence-corrected chi connectivity index (χ0v) is 10.3. The van der Waals surface area contributed by atoms with Gasteiger partial charge in [-0.25, -0.2) is 14.8 Å². The number of amidine groups is 1. The van der Waals surface area contributed by atoms with Gasteiger partial charge >= 0.3 is 5.97 Å². The number of carbonyl (C=O) groups is 1. The summed E-state index contributed by atoms with van der Waals surface area (Å²) in [5.41, 5.74) is 1.37. The van der Waals surface area contributed by atoms with Gasteiger partial charge in [-0.05, 0) is 30.2 Å². The van der Waals surface area contributed by atoms with Crippen LogP contribution in [0.1, 0.15) is 12.5 Å². The Bertz CT molecular complexity index is 618. The summed E-state index contributed by atoms with van der Waals surface area (Å²) in [6, 6.07) is 4.80. The third kappa shape index (κ3) is 2.62. The molecule has 98 valence electrons. The van der Waals surface area contributed by atoms with Crippen molar-refractivity contribution in [2.75, 3.05) is 5.32 Å². The molecule has 6 nitrogen and oxygen atoms in total. The lowest BCUT2D eigenvalue weighted by molar-refractivity contribution is -0.129. The molecule has 0 atom stereocenters. The van der Waals surface area contributed by atoms with Crippen LogP contribution in [0.15, 0.2) is 40.6 Å². The maximum atomic E-state index is 11.0. The first-order valence-electron chi connectivity index (χ1n) is 5.70. The minimum absolute atomic E-state index is 0.150. The fourth-order valence-corrected chi connectivity index (χ4v) is 1.75. The van der Waals surface area contributed by atoms with Crippen LogP contribution in [0.3, 0.4) is 0 Å². The Kier molecular flexibility index (Phi) is 3.33. The van der Waals surface area contributed by atoms with Gasteiger partial charge in [0.05, 0.1) is 0 Å². The number of benzene rings is 1. The highest BCUT2D eigenvalue weighted by atomic mass is 16.4. The molecule has 3 N–H and O–H groups in total. The number of aliphatic imine (C=N–C) groups is 2. The lowest BCUT2D eigenvalue weighted by atomic mass is 10.1. The van der Waals surface area contributed by atoms with Crippen LogP contribution in [-0.2, 0) is 11.2 Å². The van der Waals surface area contributed by atoms with E-state index >= 15 is 0 Å². The second kappa shape index (κ2) is 4.93. The quantitative estimate of drug-likeness (QED) is 0.721. The molecule has 0 bridgehead atoms. The van der Waals surface area contributed by atoms with Gasteiger partial charge in [-0.2, -0.15) is 0 Å². The number of aliphatic carboxylic acids is 1. The lowest BCUT2D eigenvalue weighted by Gasteiger charge is -2.11. The molecule has 1 heterocycles. The molecular formula is C13H13N3O3. The summed E-state index contributed by atoms with van der Waals surface area (Å²) < 4.78 is 0. The lowest BCUT2D eigenvalue weighted by Crippen LogP contribution is -2.28. The molecule has 0 saturated heterocycles. The van der Waals surface area contributed by atoms with Crippen molar-refractivity contribution in [3.8, 4) is 5.75 Å². The van der Waals surface area contributed by atoms with Crippen LogP contribution < -0.4 is 5.32 Å². The Morgan fingerprint density at radius 1 is 1.42 bits per heavy atom. The SMILES string of the molecule is C=C1N=C(Nc2ccc(O)cc2CC)C(C(=O)O)=N1. The van der Waals surface area contributed by atoms with Crippen LogP contribution in [0.2, 0.25) is 0 Å². The Hall–Kier alpha value is -2.63. The summed E-state index contributed by atoms with van der Waals surface area (Å²) in [6.07, 6.45) is 0.685. The predicted octanol–water partition coefficient (Wildman–Crippen LogP) is 1.78. The highest BCUT2D eigenvalue weighted by Gasteiger charge is 2.23. The van der Waals surface area contributed by atoms with Crippen LogP contribution in [0, 0.1) is 0 Å². The number of nitrogens with one attached hydrogen (secondary N) is 1. The average molecular weight is 259 g/mol. The first-order chi connectivity index (χ1) is 9.01. The zero-order valence-electron chi connectivity index (χ0n) is 10.3. The maximum absolute atomic E-state index is 11.0. The number of anilines is 1. The summed E-state index contributed by atoms with van der Waals surface area (Å²) >= 11 is 0. The van der Waals surface area contributed by atoms with E-state index in [1.54, 1.807) is 12.1 Å². The molecule has 2 rings (SSSR count). The number of carboxylic acids is 1. The molecule has 0 spiro atoms. The predicted molar refractivity (Wildman–Crippen MR) is 72.8 cm³/mol. The minimum atomic E-state index is -1.17. The molecule has 0 radical (unpaired) electrons. The number of nitrogens with zero attached hydrogens (tertiary/aromatic N) is 2. The van der Waals surface area contributed by atoms with E-state index in [-0.39, 0.29) is 23.1 Å². The van der Waals surface area contributed by atoms with Gasteiger partial charge in [-0.3, -0.25) is 0 Å². The smallest absolute Gasteiger partial charge is 0.358 e. The van der Waals surface area contributed by atoms with Gasteiger partial charge in [0.1, 0.15) is 11.6 Å². The van der Waals surface area contributed by atoms with E-state index < -0.39 is 5.97 Å². The van der Waals surface area contributed by atoms with Crippen LogP contribution in [0.5, 0.6) is 5.75 Å². The molecule has 1 aliphatic rings. The molecule has 0 amide bonds. The van der Waals surface area contributed by atoms with E-state index in [1.165, 1.54) is 6.07 Å². The molecule has 1 aromatic rings. The van der Waals surface area contributed by atoms with E-state index in [4.69, 9.17) is 5.11 Å². The van der Waals surface area contributed by atoms with Gasteiger partial charge in [-0.15, -0.1) is 0 Å². The molecule has 1 aliphatic heterocycles. The zero-order chi connectivity index (χ0) is 14.0. The summed E-state index contributed by atoms with van der Waals surface area (Å²) in [7, 11) is 0. The Morgan fingerprint density at radius 2 is 2.16 bits per heavy atom. The fraction of sp³-hybridized carbons (Fsp3) is 0.154. The maximum Gasteiger partial charge on any atom is 0.358 e. The van der Waals surface area contributed by atoms with Gasteiger partial charge in [0, 0.05) is 5.69 Å². The van der Waals surface area contributed by atoms with Gasteiger partial charge in [-0.1, -0.05) is 13.5 Å². The van der Waals surface area contributed by atoms with Crippen LogP contribution >= 0.6 is 0 Å². The fourth-order valence-electron chi connectivity index (χ4n) is 1.75. The Morgan fingerprint density at radius 3 is 2.79 bits per heavy atom. The Labute approximate surface area is 109 Å². The van der Waals surface area contributed by atoms with Gasteiger partial charge in [0.2, 0.25) is 0 Å². The number of phenols is 1. The second-order valence-corrected chi connectivity index (χ2v) is 3.96. The highest BCUT2D eigenvalue weighted by Crippen LogP contribution is 2.23.